The Morgan fingerprint density at radius 3 is 2.73 bits per heavy atom. The second-order valence-corrected chi connectivity index (χ2v) is 7.51. The van der Waals surface area contributed by atoms with Crippen molar-refractivity contribution in [2.24, 2.45) is 17.3 Å². The van der Waals surface area contributed by atoms with Gasteiger partial charge in [0.15, 0.2) is 0 Å². The average Bonchev–Trinajstić information content (AvgIpc) is 2.87. The summed E-state index contributed by atoms with van der Waals surface area (Å²) in [5, 5.41) is 3.27. The van der Waals surface area contributed by atoms with Crippen LogP contribution in [0.1, 0.15) is 32.3 Å². The number of hydrogen-bond donors (Lipinski definition) is 1. The van der Waals surface area contributed by atoms with Gasteiger partial charge in [-0.05, 0) is 49.2 Å². The fourth-order valence-corrected chi connectivity index (χ4v) is 3.66. The van der Waals surface area contributed by atoms with Gasteiger partial charge in [-0.3, -0.25) is 4.79 Å². The summed E-state index contributed by atoms with van der Waals surface area (Å²) in [4.78, 5) is 14.8. The van der Waals surface area contributed by atoms with E-state index < -0.39 is 0 Å². The van der Waals surface area contributed by atoms with Crippen LogP contribution in [0.5, 0.6) is 0 Å². The lowest BCUT2D eigenvalue weighted by molar-refractivity contribution is -0.136. The fourth-order valence-electron chi connectivity index (χ4n) is 3.66. The molecule has 3 heteroatoms. The van der Waals surface area contributed by atoms with Crippen LogP contribution >= 0.6 is 0 Å². The van der Waals surface area contributed by atoms with Crippen LogP contribution in [0.3, 0.4) is 0 Å². The van der Waals surface area contributed by atoms with Crippen molar-refractivity contribution in [3.63, 3.8) is 0 Å². The van der Waals surface area contributed by atoms with Crippen LogP contribution in [0.2, 0.25) is 0 Å². The molecular weight excluding hydrogens is 272 g/mol. The number of carbonyl (C=O) groups is 1. The molecule has 120 valence electrons. The summed E-state index contributed by atoms with van der Waals surface area (Å²) in [5.41, 5.74) is 1.69. The van der Waals surface area contributed by atoms with Gasteiger partial charge in [0.05, 0.1) is 0 Å². The van der Waals surface area contributed by atoms with Crippen molar-refractivity contribution >= 4 is 5.91 Å². The predicted octanol–water partition coefficient (Wildman–Crippen LogP) is 2.71. The van der Waals surface area contributed by atoms with Crippen LogP contribution in [0, 0.1) is 17.3 Å². The molecule has 0 bridgehead atoms. The Hall–Kier alpha value is -1.35. The predicted molar refractivity (Wildman–Crippen MR) is 89.6 cm³/mol. The Bertz CT molecular complexity index is 511. The van der Waals surface area contributed by atoms with E-state index in [1.165, 1.54) is 12.0 Å². The molecule has 2 unspecified atom stereocenters. The van der Waals surface area contributed by atoms with Gasteiger partial charge >= 0.3 is 0 Å². The first kappa shape index (κ1) is 15.5. The maximum absolute atomic E-state index is 12.6. The summed E-state index contributed by atoms with van der Waals surface area (Å²) >= 11 is 0. The highest BCUT2D eigenvalue weighted by atomic mass is 16.2. The van der Waals surface area contributed by atoms with Crippen molar-refractivity contribution in [2.45, 2.75) is 33.1 Å². The topological polar surface area (TPSA) is 32.3 Å². The number of carbonyl (C=O) groups excluding carboxylic acids is 1. The van der Waals surface area contributed by atoms with Crippen LogP contribution in [0.15, 0.2) is 30.3 Å². The molecule has 2 saturated heterocycles. The van der Waals surface area contributed by atoms with Gasteiger partial charge in [0, 0.05) is 19.0 Å². The normalized spacial score (nSPS) is 26.7. The molecule has 0 radical (unpaired) electrons. The molecule has 1 aromatic carbocycles. The lowest BCUT2D eigenvalue weighted by atomic mass is 9.83. The molecule has 2 atom stereocenters. The van der Waals surface area contributed by atoms with Gasteiger partial charge in [0.2, 0.25) is 5.91 Å². The monoisotopic (exact) mass is 300 g/mol. The molecule has 0 aliphatic carbocycles. The standard InChI is InChI=1S/C19H28N2O/c1-15(17-12-20-13-17)18(22)21-11-10-19(2,14-21)9-8-16-6-4-3-5-7-16/h3-7,15,17,20H,8-14H2,1-2H3. The molecular formula is C19H28N2O. The molecule has 0 aromatic heterocycles. The van der Waals surface area contributed by atoms with Crippen LogP contribution < -0.4 is 5.32 Å². The van der Waals surface area contributed by atoms with Gasteiger partial charge < -0.3 is 10.2 Å². The van der Waals surface area contributed by atoms with Crippen molar-refractivity contribution in [3.05, 3.63) is 35.9 Å². The Balaban J connectivity index is 1.53. The Labute approximate surface area is 134 Å². The second kappa shape index (κ2) is 6.41. The molecule has 2 fully saturated rings. The number of benzene rings is 1. The van der Waals surface area contributed by atoms with E-state index in [9.17, 15) is 4.79 Å². The molecule has 1 aromatic rings. The minimum atomic E-state index is 0.178. The SMILES string of the molecule is CC(C(=O)N1CCC(C)(CCc2ccccc2)C1)C1CNC1. The summed E-state index contributed by atoms with van der Waals surface area (Å²) in [7, 11) is 0. The Kier molecular flexibility index (Phi) is 4.53. The Morgan fingerprint density at radius 1 is 1.36 bits per heavy atom. The van der Waals surface area contributed by atoms with Crippen LogP contribution in [0.25, 0.3) is 0 Å². The number of nitrogens with one attached hydrogen (secondary N) is 1. The lowest BCUT2D eigenvalue weighted by Crippen LogP contribution is -2.50. The van der Waals surface area contributed by atoms with Gasteiger partial charge in [0.1, 0.15) is 0 Å². The molecule has 2 aliphatic rings. The van der Waals surface area contributed by atoms with Crippen molar-refractivity contribution in [3.8, 4) is 0 Å². The highest BCUT2D eigenvalue weighted by Crippen LogP contribution is 2.36. The molecule has 0 saturated carbocycles. The van der Waals surface area contributed by atoms with E-state index in [0.717, 1.165) is 39.0 Å². The number of hydrogen-bond acceptors (Lipinski definition) is 2. The van der Waals surface area contributed by atoms with E-state index in [0.29, 0.717) is 11.8 Å². The highest BCUT2D eigenvalue weighted by molar-refractivity contribution is 5.79. The summed E-state index contributed by atoms with van der Waals surface area (Å²) < 4.78 is 0. The zero-order valence-electron chi connectivity index (χ0n) is 13.8. The van der Waals surface area contributed by atoms with Gasteiger partial charge in [-0.25, -0.2) is 0 Å². The number of nitrogens with zero attached hydrogens (tertiary/aromatic N) is 1. The maximum atomic E-state index is 12.6. The third-order valence-corrected chi connectivity index (χ3v) is 5.64. The average molecular weight is 300 g/mol. The van der Waals surface area contributed by atoms with Crippen LogP contribution in [-0.4, -0.2) is 37.0 Å². The second-order valence-electron chi connectivity index (χ2n) is 7.51. The first-order chi connectivity index (χ1) is 10.6. The van der Waals surface area contributed by atoms with Crippen LogP contribution in [0.4, 0.5) is 0 Å². The van der Waals surface area contributed by atoms with Gasteiger partial charge in [-0.2, -0.15) is 0 Å². The Morgan fingerprint density at radius 2 is 2.09 bits per heavy atom. The zero-order chi connectivity index (χ0) is 15.6. The number of aryl methyl sites for hydroxylation is 1. The molecule has 0 spiro atoms. The van der Waals surface area contributed by atoms with Gasteiger partial charge in [0.25, 0.3) is 0 Å². The molecule has 1 N–H and O–H groups in total. The van der Waals surface area contributed by atoms with Gasteiger partial charge in [-0.15, -0.1) is 0 Å². The summed E-state index contributed by atoms with van der Waals surface area (Å²) in [6, 6.07) is 10.7. The van der Waals surface area contributed by atoms with E-state index in [2.05, 4.69) is 54.4 Å². The zero-order valence-corrected chi connectivity index (χ0v) is 13.8. The van der Waals surface area contributed by atoms with E-state index in [-0.39, 0.29) is 11.3 Å². The first-order valence-electron chi connectivity index (χ1n) is 8.61. The van der Waals surface area contributed by atoms with Gasteiger partial charge in [-0.1, -0.05) is 44.2 Å². The lowest BCUT2D eigenvalue weighted by Gasteiger charge is -2.34. The number of likely N-dealkylation sites (tertiary alicyclic amines) is 1. The van der Waals surface area contributed by atoms with Crippen molar-refractivity contribution in [2.75, 3.05) is 26.2 Å². The van der Waals surface area contributed by atoms with E-state index in [4.69, 9.17) is 0 Å². The van der Waals surface area contributed by atoms with Crippen molar-refractivity contribution in [1.29, 1.82) is 0 Å². The minimum Gasteiger partial charge on any atom is -0.342 e. The third kappa shape index (κ3) is 3.35. The molecule has 3 rings (SSSR count). The first-order valence-corrected chi connectivity index (χ1v) is 8.61. The van der Waals surface area contributed by atoms with E-state index >= 15 is 0 Å². The quantitative estimate of drug-likeness (QED) is 0.907. The fraction of sp³-hybridized carbons (Fsp3) is 0.632. The molecule has 2 heterocycles. The van der Waals surface area contributed by atoms with Crippen LogP contribution in [-0.2, 0) is 11.2 Å². The van der Waals surface area contributed by atoms with E-state index in [1.54, 1.807) is 0 Å². The highest BCUT2D eigenvalue weighted by Gasteiger charge is 2.39. The van der Waals surface area contributed by atoms with Crippen molar-refractivity contribution in [1.82, 2.24) is 10.2 Å². The molecule has 1 amide bonds. The molecule has 2 aliphatic heterocycles. The third-order valence-electron chi connectivity index (χ3n) is 5.64. The molecule has 3 nitrogen and oxygen atoms in total. The number of amides is 1. The maximum Gasteiger partial charge on any atom is 0.225 e. The smallest absolute Gasteiger partial charge is 0.225 e. The van der Waals surface area contributed by atoms with E-state index in [1.807, 2.05) is 0 Å². The molecule has 22 heavy (non-hydrogen) atoms. The van der Waals surface area contributed by atoms with Crippen molar-refractivity contribution < 1.29 is 4.79 Å². The summed E-state index contributed by atoms with van der Waals surface area (Å²) in [5.74, 6) is 1.09. The summed E-state index contributed by atoms with van der Waals surface area (Å²) in [6.07, 6.45) is 3.42. The number of rotatable bonds is 5. The minimum absolute atomic E-state index is 0.178. The largest absolute Gasteiger partial charge is 0.342 e. The summed E-state index contributed by atoms with van der Waals surface area (Å²) in [6.45, 7) is 8.34.